The zero-order chi connectivity index (χ0) is 12.3. The fraction of sp³-hybridized carbons (Fsp3) is 0. The van der Waals surface area contributed by atoms with Gasteiger partial charge in [-0.15, -0.1) is 0 Å². The third-order valence-corrected chi connectivity index (χ3v) is 2.61. The van der Waals surface area contributed by atoms with Crippen LogP contribution in [-0.2, 0) is 0 Å². The summed E-state index contributed by atoms with van der Waals surface area (Å²) >= 11 is 3.34. The van der Waals surface area contributed by atoms with Crippen molar-refractivity contribution in [3.63, 3.8) is 0 Å². The summed E-state index contributed by atoms with van der Waals surface area (Å²) in [6.45, 7) is 0. The minimum absolute atomic E-state index is 0.0205. The maximum Gasteiger partial charge on any atom is 0.354 e. The molecule has 1 aromatic heterocycles. The molecule has 2 N–H and O–H groups in total. The van der Waals surface area contributed by atoms with E-state index in [2.05, 4.69) is 26.2 Å². The van der Waals surface area contributed by atoms with E-state index in [1.807, 2.05) is 24.3 Å². The van der Waals surface area contributed by atoms with E-state index < -0.39 is 5.97 Å². The Morgan fingerprint density at radius 3 is 2.53 bits per heavy atom. The Morgan fingerprint density at radius 1 is 1.18 bits per heavy atom. The molecule has 5 heteroatoms. The average Bonchev–Trinajstić information content (AvgIpc) is 2.32. The molecule has 0 saturated heterocycles. The van der Waals surface area contributed by atoms with Crippen LogP contribution >= 0.6 is 15.9 Å². The number of nitrogens with one attached hydrogen (secondary N) is 1. The fourth-order valence-electron chi connectivity index (χ4n) is 1.30. The van der Waals surface area contributed by atoms with Crippen LogP contribution in [0.2, 0.25) is 0 Å². The Labute approximate surface area is 106 Å². The van der Waals surface area contributed by atoms with Crippen molar-refractivity contribution in [2.24, 2.45) is 0 Å². The number of benzene rings is 1. The Kier molecular flexibility index (Phi) is 3.39. The lowest BCUT2D eigenvalue weighted by atomic mass is 10.3. The molecule has 86 valence electrons. The molecule has 1 heterocycles. The smallest absolute Gasteiger partial charge is 0.354 e. The Hall–Kier alpha value is -1.88. The second-order valence-corrected chi connectivity index (χ2v) is 4.26. The molecule has 0 saturated carbocycles. The first kappa shape index (κ1) is 11.6. The van der Waals surface area contributed by atoms with Gasteiger partial charge >= 0.3 is 5.97 Å². The van der Waals surface area contributed by atoms with Crippen LogP contribution in [-0.4, -0.2) is 16.1 Å². The molecule has 2 aromatic rings. The van der Waals surface area contributed by atoms with Gasteiger partial charge in [0, 0.05) is 10.2 Å². The second kappa shape index (κ2) is 4.97. The lowest BCUT2D eigenvalue weighted by Crippen LogP contribution is -2.02. The van der Waals surface area contributed by atoms with Crippen molar-refractivity contribution in [1.82, 2.24) is 4.98 Å². The van der Waals surface area contributed by atoms with E-state index in [0.29, 0.717) is 5.82 Å². The monoisotopic (exact) mass is 292 g/mol. The zero-order valence-electron chi connectivity index (χ0n) is 8.72. The molecule has 0 bridgehead atoms. The van der Waals surface area contributed by atoms with Crippen LogP contribution in [0.15, 0.2) is 46.9 Å². The van der Waals surface area contributed by atoms with Gasteiger partial charge in [-0.25, -0.2) is 9.78 Å². The Balaban J connectivity index is 2.21. The molecule has 1 aromatic carbocycles. The van der Waals surface area contributed by atoms with Gasteiger partial charge in [0.05, 0.1) is 0 Å². The largest absolute Gasteiger partial charge is 0.477 e. The number of pyridine rings is 1. The number of hydrogen-bond donors (Lipinski definition) is 2. The van der Waals surface area contributed by atoms with Crippen LogP contribution in [0.4, 0.5) is 11.5 Å². The third-order valence-electron chi connectivity index (χ3n) is 2.08. The van der Waals surface area contributed by atoms with Crippen LogP contribution in [0.25, 0.3) is 0 Å². The van der Waals surface area contributed by atoms with Gasteiger partial charge in [0.25, 0.3) is 0 Å². The highest BCUT2D eigenvalue weighted by atomic mass is 79.9. The summed E-state index contributed by atoms with van der Waals surface area (Å²) in [7, 11) is 0. The first-order valence-corrected chi connectivity index (χ1v) is 5.67. The van der Waals surface area contributed by atoms with Crippen LogP contribution in [0, 0.1) is 0 Å². The number of nitrogens with zero attached hydrogens (tertiary/aromatic N) is 1. The number of carboxylic acid groups (broad SMARTS) is 1. The molecule has 0 amide bonds. The fourth-order valence-corrected chi connectivity index (χ4v) is 1.57. The van der Waals surface area contributed by atoms with Gasteiger partial charge < -0.3 is 10.4 Å². The Morgan fingerprint density at radius 2 is 1.88 bits per heavy atom. The van der Waals surface area contributed by atoms with Crippen LogP contribution in [0.5, 0.6) is 0 Å². The number of hydrogen-bond acceptors (Lipinski definition) is 3. The van der Waals surface area contributed by atoms with E-state index >= 15 is 0 Å². The van der Waals surface area contributed by atoms with E-state index in [0.717, 1.165) is 10.2 Å². The lowest BCUT2D eigenvalue weighted by Gasteiger charge is -2.05. The van der Waals surface area contributed by atoms with E-state index in [4.69, 9.17) is 5.11 Å². The van der Waals surface area contributed by atoms with Crippen molar-refractivity contribution in [2.45, 2.75) is 0 Å². The number of halogens is 1. The zero-order valence-corrected chi connectivity index (χ0v) is 10.3. The maximum atomic E-state index is 10.8. The van der Waals surface area contributed by atoms with Gasteiger partial charge in [0.15, 0.2) is 5.69 Å². The third kappa shape index (κ3) is 3.04. The molecule has 0 unspecified atom stereocenters. The number of rotatable bonds is 3. The molecular formula is C12H9BrN2O2. The van der Waals surface area contributed by atoms with Crippen molar-refractivity contribution in [2.75, 3.05) is 5.32 Å². The maximum absolute atomic E-state index is 10.8. The molecule has 0 aliphatic rings. The molecule has 0 aliphatic carbocycles. The normalized spacial score (nSPS) is 9.94. The molecule has 4 nitrogen and oxygen atoms in total. The topological polar surface area (TPSA) is 62.2 Å². The molecule has 0 fully saturated rings. The molecule has 2 rings (SSSR count). The summed E-state index contributed by atoms with van der Waals surface area (Å²) in [6, 6.07) is 12.4. The highest BCUT2D eigenvalue weighted by Crippen LogP contribution is 2.18. The minimum atomic E-state index is -1.04. The van der Waals surface area contributed by atoms with Gasteiger partial charge in [-0.1, -0.05) is 22.0 Å². The van der Waals surface area contributed by atoms with Gasteiger partial charge in [-0.3, -0.25) is 0 Å². The molecule has 0 spiro atoms. The second-order valence-electron chi connectivity index (χ2n) is 3.35. The lowest BCUT2D eigenvalue weighted by molar-refractivity contribution is 0.0690. The standard InChI is InChI=1S/C12H9BrN2O2/c13-8-4-6-9(7-5-8)14-11-3-1-2-10(15-11)12(16)17/h1-7H,(H,14,15)(H,16,17). The van der Waals surface area contributed by atoms with E-state index in [-0.39, 0.29) is 5.69 Å². The summed E-state index contributed by atoms with van der Waals surface area (Å²) in [5.74, 6) is -0.531. The number of aromatic nitrogens is 1. The van der Waals surface area contributed by atoms with Gasteiger partial charge in [0.1, 0.15) is 5.82 Å². The number of carboxylic acids is 1. The van der Waals surface area contributed by atoms with Crippen LogP contribution in [0.1, 0.15) is 10.5 Å². The van der Waals surface area contributed by atoms with Crippen molar-refractivity contribution < 1.29 is 9.90 Å². The molecule has 0 radical (unpaired) electrons. The molecule has 17 heavy (non-hydrogen) atoms. The van der Waals surface area contributed by atoms with E-state index in [9.17, 15) is 4.79 Å². The summed E-state index contributed by atoms with van der Waals surface area (Å²) in [5.41, 5.74) is 0.871. The molecule has 0 atom stereocenters. The first-order chi connectivity index (χ1) is 8.15. The van der Waals surface area contributed by atoms with Crippen LogP contribution < -0.4 is 5.32 Å². The Bertz CT molecular complexity index is 540. The van der Waals surface area contributed by atoms with Crippen molar-refractivity contribution >= 4 is 33.4 Å². The number of aromatic carboxylic acids is 1. The van der Waals surface area contributed by atoms with E-state index in [1.54, 1.807) is 12.1 Å². The van der Waals surface area contributed by atoms with E-state index in [1.165, 1.54) is 6.07 Å². The number of carbonyl (C=O) groups is 1. The minimum Gasteiger partial charge on any atom is -0.477 e. The molecular weight excluding hydrogens is 284 g/mol. The highest BCUT2D eigenvalue weighted by molar-refractivity contribution is 9.10. The summed E-state index contributed by atoms with van der Waals surface area (Å²) in [6.07, 6.45) is 0. The summed E-state index contributed by atoms with van der Waals surface area (Å²) in [4.78, 5) is 14.7. The predicted octanol–water partition coefficient (Wildman–Crippen LogP) is 3.29. The quantitative estimate of drug-likeness (QED) is 0.911. The van der Waals surface area contributed by atoms with Gasteiger partial charge in [-0.05, 0) is 36.4 Å². The van der Waals surface area contributed by atoms with Crippen molar-refractivity contribution in [3.05, 3.63) is 52.6 Å². The van der Waals surface area contributed by atoms with Crippen molar-refractivity contribution in [1.29, 1.82) is 0 Å². The first-order valence-electron chi connectivity index (χ1n) is 4.88. The van der Waals surface area contributed by atoms with Crippen molar-refractivity contribution in [3.8, 4) is 0 Å². The van der Waals surface area contributed by atoms with Gasteiger partial charge in [-0.2, -0.15) is 0 Å². The molecule has 0 aliphatic heterocycles. The average molecular weight is 293 g/mol. The SMILES string of the molecule is O=C(O)c1cccc(Nc2ccc(Br)cc2)n1. The van der Waals surface area contributed by atoms with Gasteiger partial charge in [0.2, 0.25) is 0 Å². The summed E-state index contributed by atoms with van der Waals surface area (Å²) in [5, 5.41) is 11.8. The van der Waals surface area contributed by atoms with Crippen LogP contribution in [0.3, 0.4) is 0 Å². The predicted molar refractivity (Wildman–Crippen MR) is 68.6 cm³/mol. The highest BCUT2D eigenvalue weighted by Gasteiger charge is 2.04. The number of anilines is 2. The summed E-state index contributed by atoms with van der Waals surface area (Å²) < 4.78 is 0.982.